The minimum atomic E-state index is -1.10. The summed E-state index contributed by atoms with van der Waals surface area (Å²) in [4.78, 5) is 24.1. The third kappa shape index (κ3) is 3.15. The summed E-state index contributed by atoms with van der Waals surface area (Å²) in [5.74, 6) is -1.51. The van der Waals surface area contributed by atoms with Crippen molar-refractivity contribution in [2.24, 2.45) is 0 Å². The van der Waals surface area contributed by atoms with Crippen molar-refractivity contribution in [1.29, 1.82) is 0 Å². The van der Waals surface area contributed by atoms with Crippen molar-refractivity contribution in [1.82, 2.24) is 4.90 Å². The molecule has 0 bridgehead atoms. The van der Waals surface area contributed by atoms with Crippen molar-refractivity contribution in [3.05, 3.63) is 39.8 Å². The van der Waals surface area contributed by atoms with Crippen LogP contribution in [0.2, 0.25) is 5.02 Å². The number of nitrogens with zero attached hydrogens (tertiary/aromatic N) is 1. The second-order valence-electron chi connectivity index (χ2n) is 3.68. The van der Waals surface area contributed by atoms with Gasteiger partial charge >= 0.3 is 5.97 Å². The maximum absolute atomic E-state index is 12.0. The lowest BCUT2D eigenvalue weighted by molar-refractivity contribution is -0.140. The molecule has 0 spiro atoms. The molecule has 1 aliphatic rings. The molecule has 1 saturated heterocycles. The largest absolute Gasteiger partial charge is 0.480 e. The van der Waals surface area contributed by atoms with E-state index in [0.29, 0.717) is 15.5 Å². The third-order valence-corrected chi connectivity index (χ3v) is 4.08. The first-order chi connectivity index (χ1) is 8.99. The molecule has 0 atom stereocenters. The molecule has 19 heavy (non-hydrogen) atoms. The lowest BCUT2D eigenvalue weighted by atomic mass is 10.2. The number of rotatable bonds is 3. The molecule has 1 heterocycles. The zero-order valence-corrected chi connectivity index (χ0v) is 11.9. The number of hydrogen-bond acceptors (Lipinski definition) is 4. The van der Waals surface area contributed by atoms with Crippen LogP contribution in [0.25, 0.3) is 6.08 Å². The average Bonchev–Trinajstić information content (AvgIpc) is 2.60. The molecule has 1 amide bonds. The zero-order chi connectivity index (χ0) is 14.0. The minimum Gasteiger partial charge on any atom is -0.480 e. The van der Waals surface area contributed by atoms with Crippen LogP contribution in [0.5, 0.6) is 0 Å². The molecule has 0 aliphatic carbocycles. The van der Waals surface area contributed by atoms with E-state index < -0.39 is 18.4 Å². The van der Waals surface area contributed by atoms with E-state index in [9.17, 15) is 9.59 Å². The summed E-state index contributed by atoms with van der Waals surface area (Å²) in [7, 11) is 0. The SMILES string of the molecule is O=C(O)CN1C(=O)/C(=C/c2ccccc2Cl)SC1=S. The highest BCUT2D eigenvalue weighted by atomic mass is 35.5. The van der Waals surface area contributed by atoms with E-state index in [-0.39, 0.29) is 4.32 Å². The summed E-state index contributed by atoms with van der Waals surface area (Å²) in [5.41, 5.74) is 0.694. The Morgan fingerprint density at radius 1 is 1.47 bits per heavy atom. The van der Waals surface area contributed by atoms with Gasteiger partial charge in [-0.1, -0.05) is 53.8 Å². The molecule has 1 aromatic carbocycles. The van der Waals surface area contributed by atoms with E-state index in [1.54, 1.807) is 30.3 Å². The highest BCUT2D eigenvalue weighted by molar-refractivity contribution is 8.26. The number of aliphatic carboxylic acids is 1. The van der Waals surface area contributed by atoms with Crippen LogP contribution in [-0.4, -0.2) is 32.7 Å². The lowest BCUT2D eigenvalue weighted by Crippen LogP contribution is -2.33. The zero-order valence-electron chi connectivity index (χ0n) is 9.50. The molecule has 0 aromatic heterocycles. The van der Waals surface area contributed by atoms with Gasteiger partial charge in [0.25, 0.3) is 5.91 Å². The number of thioether (sulfide) groups is 1. The summed E-state index contributed by atoms with van der Waals surface area (Å²) < 4.78 is 0.241. The fraction of sp³-hybridized carbons (Fsp3) is 0.0833. The fourth-order valence-electron chi connectivity index (χ4n) is 1.50. The Morgan fingerprint density at radius 3 is 2.79 bits per heavy atom. The summed E-state index contributed by atoms with van der Waals surface area (Å²) in [6.07, 6.45) is 1.61. The summed E-state index contributed by atoms with van der Waals surface area (Å²) >= 11 is 12.1. The van der Waals surface area contributed by atoms with Gasteiger partial charge in [-0.25, -0.2) is 0 Å². The summed E-state index contributed by atoms with van der Waals surface area (Å²) in [6, 6.07) is 7.07. The van der Waals surface area contributed by atoms with E-state index in [4.69, 9.17) is 28.9 Å². The molecule has 0 radical (unpaired) electrons. The van der Waals surface area contributed by atoms with Gasteiger partial charge in [-0.3, -0.25) is 14.5 Å². The van der Waals surface area contributed by atoms with Crippen molar-refractivity contribution in [3.8, 4) is 0 Å². The predicted octanol–water partition coefficient (Wildman–Crippen LogP) is 2.63. The Bertz CT molecular complexity index is 600. The number of carboxylic acids is 1. The van der Waals surface area contributed by atoms with Crippen molar-refractivity contribution in [2.45, 2.75) is 0 Å². The monoisotopic (exact) mass is 313 g/mol. The molecule has 0 saturated carbocycles. The van der Waals surface area contributed by atoms with Gasteiger partial charge in [0.2, 0.25) is 0 Å². The average molecular weight is 314 g/mol. The van der Waals surface area contributed by atoms with E-state index in [1.165, 1.54) is 0 Å². The van der Waals surface area contributed by atoms with Gasteiger partial charge in [0.15, 0.2) is 0 Å². The number of halogens is 1. The van der Waals surface area contributed by atoms with Crippen LogP contribution in [-0.2, 0) is 9.59 Å². The molecular weight excluding hydrogens is 306 g/mol. The first kappa shape index (κ1) is 14.0. The number of carbonyl (C=O) groups excluding carboxylic acids is 1. The van der Waals surface area contributed by atoms with Crippen molar-refractivity contribution in [3.63, 3.8) is 0 Å². The molecule has 1 fully saturated rings. The third-order valence-electron chi connectivity index (χ3n) is 2.36. The van der Waals surface area contributed by atoms with E-state index in [0.717, 1.165) is 16.7 Å². The first-order valence-electron chi connectivity index (χ1n) is 5.20. The van der Waals surface area contributed by atoms with Crippen LogP contribution in [0.3, 0.4) is 0 Å². The van der Waals surface area contributed by atoms with Crippen molar-refractivity contribution in [2.75, 3.05) is 6.54 Å². The van der Waals surface area contributed by atoms with Gasteiger partial charge < -0.3 is 5.11 Å². The van der Waals surface area contributed by atoms with Crippen LogP contribution in [0, 0.1) is 0 Å². The first-order valence-corrected chi connectivity index (χ1v) is 6.81. The summed E-state index contributed by atoms with van der Waals surface area (Å²) in [5, 5.41) is 9.25. The number of hydrogen-bond donors (Lipinski definition) is 1. The van der Waals surface area contributed by atoms with Crippen LogP contribution >= 0.6 is 35.6 Å². The lowest BCUT2D eigenvalue weighted by Gasteiger charge is -2.10. The van der Waals surface area contributed by atoms with E-state index >= 15 is 0 Å². The van der Waals surface area contributed by atoms with Crippen LogP contribution in [0.15, 0.2) is 29.2 Å². The van der Waals surface area contributed by atoms with Gasteiger partial charge in [-0.2, -0.15) is 0 Å². The molecule has 2 rings (SSSR count). The Hall–Kier alpha value is -1.37. The number of amides is 1. The summed E-state index contributed by atoms with van der Waals surface area (Å²) in [6.45, 7) is -0.426. The molecular formula is C12H8ClNO3S2. The van der Waals surface area contributed by atoms with E-state index in [2.05, 4.69) is 0 Å². The van der Waals surface area contributed by atoms with Gasteiger partial charge in [0, 0.05) is 5.02 Å². The quantitative estimate of drug-likeness (QED) is 0.686. The second-order valence-corrected chi connectivity index (χ2v) is 5.77. The molecule has 98 valence electrons. The maximum Gasteiger partial charge on any atom is 0.323 e. The van der Waals surface area contributed by atoms with Crippen molar-refractivity contribution >= 4 is 57.9 Å². The topological polar surface area (TPSA) is 57.6 Å². The van der Waals surface area contributed by atoms with Crippen molar-refractivity contribution < 1.29 is 14.7 Å². The molecule has 0 unspecified atom stereocenters. The molecule has 1 aromatic rings. The Kier molecular flexibility index (Phi) is 4.24. The predicted molar refractivity (Wildman–Crippen MR) is 79.0 cm³/mol. The Balaban J connectivity index is 2.28. The van der Waals surface area contributed by atoms with Gasteiger partial charge in [0.1, 0.15) is 10.9 Å². The molecule has 1 aliphatic heterocycles. The maximum atomic E-state index is 12.0. The normalized spacial score (nSPS) is 17.3. The van der Waals surface area contributed by atoms with Crippen LogP contribution in [0.1, 0.15) is 5.56 Å². The van der Waals surface area contributed by atoms with E-state index in [1.807, 2.05) is 0 Å². The molecule has 1 N–H and O–H groups in total. The number of thiocarbonyl (C=S) groups is 1. The smallest absolute Gasteiger partial charge is 0.323 e. The number of carbonyl (C=O) groups is 2. The van der Waals surface area contributed by atoms with Gasteiger partial charge in [0.05, 0.1) is 4.91 Å². The molecule has 7 heteroatoms. The number of carboxylic acid groups (broad SMARTS) is 1. The van der Waals surface area contributed by atoms with Crippen LogP contribution < -0.4 is 0 Å². The highest BCUT2D eigenvalue weighted by Gasteiger charge is 2.33. The molecule has 4 nitrogen and oxygen atoms in total. The minimum absolute atomic E-state index is 0.241. The van der Waals surface area contributed by atoms with Crippen LogP contribution in [0.4, 0.5) is 0 Å². The fourth-order valence-corrected chi connectivity index (χ4v) is 2.94. The Morgan fingerprint density at radius 2 is 2.16 bits per heavy atom. The Labute approximate surface area is 124 Å². The van der Waals surface area contributed by atoms with Gasteiger partial charge in [-0.15, -0.1) is 0 Å². The van der Waals surface area contributed by atoms with Gasteiger partial charge in [-0.05, 0) is 17.7 Å². The highest BCUT2D eigenvalue weighted by Crippen LogP contribution is 2.33. The standard InChI is InChI=1S/C12H8ClNO3S2/c13-8-4-2-1-3-7(8)5-9-11(17)14(6-10(15)16)12(18)19-9/h1-5H,6H2,(H,15,16)/b9-5-. The number of benzene rings is 1. The second kappa shape index (κ2) is 5.73.